The molecule has 0 radical (unpaired) electrons. The topological polar surface area (TPSA) is 60.5 Å². The normalized spacial score (nSPS) is 10.5. The van der Waals surface area contributed by atoms with Crippen molar-refractivity contribution in [1.82, 2.24) is 4.98 Å². The van der Waals surface area contributed by atoms with Crippen LogP contribution >= 0.6 is 33.9 Å². The van der Waals surface area contributed by atoms with Gasteiger partial charge in [0.25, 0.3) is 5.91 Å². The van der Waals surface area contributed by atoms with Gasteiger partial charge in [-0.25, -0.2) is 4.98 Å². The molecule has 0 bridgehead atoms. The first kappa shape index (κ1) is 19.0. The summed E-state index contributed by atoms with van der Waals surface area (Å²) < 4.78 is 11.3. The maximum atomic E-state index is 12.6. The Bertz CT molecular complexity index is 731. The smallest absolute Gasteiger partial charge is 0.258 e. The minimum atomic E-state index is -0.195. The summed E-state index contributed by atoms with van der Waals surface area (Å²) in [6.07, 6.45) is 2.90. The summed E-state index contributed by atoms with van der Waals surface area (Å²) in [5, 5.41) is 3.55. The predicted molar refractivity (Wildman–Crippen MR) is 106 cm³/mol. The number of aromatic nitrogens is 1. The van der Waals surface area contributed by atoms with Crippen LogP contribution in [0.2, 0.25) is 0 Å². The first-order chi connectivity index (χ1) is 11.5. The molecule has 2 rings (SSSR count). The molecule has 2 aromatic rings. The highest BCUT2D eigenvalue weighted by atomic mass is 127. The molecule has 0 spiro atoms. The molecule has 24 heavy (non-hydrogen) atoms. The second-order valence-corrected chi connectivity index (χ2v) is 7.38. The van der Waals surface area contributed by atoms with E-state index < -0.39 is 0 Å². The third-order valence-corrected chi connectivity index (χ3v) is 5.57. The van der Waals surface area contributed by atoms with Crippen LogP contribution in [0, 0.1) is 3.57 Å². The van der Waals surface area contributed by atoms with Crippen molar-refractivity contribution in [3.05, 3.63) is 31.8 Å². The molecule has 1 N–H and O–H groups in total. The lowest BCUT2D eigenvalue weighted by molar-refractivity contribution is 0.102. The molecule has 7 heteroatoms. The number of halogens is 1. The number of hydrogen-bond acceptors (Lipinski definition) is 5. The summed E-state index contributed by atoms with van der Waals surface area (Å²) in [5.41, 5.74) is 1.63. The zero-order chi connectivity index (χ0) is 17.7. The van der Waals surface area contributed by atoms with Crippen LogP contribution < -0.4 is 14.8 Å². The third kappa shape index (κ3) is 4.18. The number of methoxy groups -OCH3 is 2. The van der Waals surface area contributed by atoms with Gasteiger partial charge in [-0.1, -0.05) is 20.3 Å². The van der Waals surface area contributed by atoms with Gasteiger partial charge >= 0.3 is 0 Å². The van der Waals surface area contributed by atoms with Crippen LogP contribution in [0.4, 0.5) is 5.13 Å². The summed E-state index contributed by atoms with van der Waals surface area (Å²) in [5.74, 6) is 0.939. The van der Waals surface area contributed by atoms with Crippen molar-refractivity contribution in [3.8, 4) is 11.5 Å². The number of carbonyl (C=O) groups is 1. The summed E-state index contributed by atoms with van der Waals surface area (Å²) in [4.78, 5) is 18.4. The van der Waals surface area contributed by atoms with Crippen molar-refractivity contribution in [1.29, 1.82) is 0 Å². The van der Waals surface area contributed by atoms with E-state index in [0.717, 1.165) is 28.5 Å². The molecule has 1 heterocycles. The highest BCUT2D eigenvalue weighted by molar-refractivity contribution is 14.1. The zero-order valence-electron chi connectivity index (χ0n) is 14.2. The first-order valence-corrected chi connectivity index (χ1v) is 9.64. The van der Waals surface area contributed by atoms with Gasteiger partial charge in [-0.2, -0.15) is 0 Å². The van der Waals surface area contributed by atoms with E-state index in [1.54, 1.807) is 37.7 Å². The summed E-state index contributed by atoms with van der Waals surface area (Å²) in [7, 11) is 3.13. The Hall–Kier alpha value is -1.35. The molecule has 0 fully saturated rings. The Morgan fingerprint density at radius 1 is 1.25 bits per heavy atom. The summed E-state index contributed by atoms with van der Waals surface area (Å²) >= 11 is 3.66. The van der Waals surface area contributed by atoms with Crippen molar-refractivity contribution in [2.24, 2.45) is 0 Å². The number of amides is 1. The Labute approximate surface area is 159 Å². The number of nitrogens with zero attached hydrogens (tertiary/aromatic N) is 1. The molecule has 1 aromatic carbocycles. The maximum Gasteiger partial charge on any atom is 0.258 e. The second-order valence-electron chi connectivity index (χ2n) is 5.13. The van der Waals surface area contributed by atoms with Crippen LogP contribution in [0.5, 0.6) is 11.5 Å². The molecule has 1 amide bonds. The highest BCUT2D eigenvalue weighted by Crippen LogP contribution is 2.32. The molecule has 0 aliphatic carbocycles. The highest BCUT2D eigenvalue weighted by Gasteiger charge is 2.18. The standard InChI is InChI=1S/C17H21IN2O3S/c1-5-7-12-15(6-2)24-17(19-12)20-16(21)10-8-13(22-3)14(23-4)9-11(10)18/h8-9H,5-7H2,1-4H3,(H,19,20,21). The van der Waals surface area contributed by atoms with Crippen LogP contribution in [-0.2, 0) is 12.8 Å². The van der Waals surface area contributed by atoms with E-state index in [0.29, 0.717) is 22.2 Å². The Balaban J connectivity index is 2.27. The first-order valence-electron chi connectivity index (χ1n) is 7.75. The number of rotatable bonds is 7. The quantitative estimate of drug-likeness (QED) is 0.617. The van der Waals surface area contributed by atoms with Crippen LogP contribution in [0.3, 0.4) is 0 Å². The number of anilines is 1. The molecular weight excluding hydrogens is 439 g/mol. The molecule has 0 atom stereocenters. The van der Waals surface area contributed by atoms with Gasteiger partial charge in [0, 0.05) is 8.45 Å². The van der Waals surface area contributed by atoms with E-state index >= 15 is 0 Å². The Kier molecular flexibility index (Phi) is 6.85. The van der Waals surface area contributed by atoms with Crippen LogP contribution in [-0.4, -0.2) is 25.1 Å². The Morgan fingerprint density at radius 2 is 1.92 bits per heavy atom. The molecule has 1 aromatic heterocycles. The number of carbonyl (C=O) groups excluding carboxylic acids is 1. The number of ether oxygens (including phenoxy) is 2. The van der Waals surface area contributed by atoms with Gasteiger partial charge in [-0.3, -0.25) is 10.1 Å². The molecule has 5 nitrogen and oxygen atoms in total. The van der Waals surface area contributed by atoms with Crippen molar-refractivity contribution in [2.45, 2.75) is 33.1 Å². The minimum absolute atomic E-state index is 0.195. The van der Waals surface area contributed by atoms with Crippen LogP contribution in [0.15, 0.2) is 12.1 Å². The lowest BCUT2D eigenvalue weighted by atomic mass is 10.2. The van der Waals surface area contributed by atoms with Crippen molar-refractivity contribution < 1.29 is 14.3 Å². The van der Waals surface area contributed by atoms with E-state index in [4.69, 9.17) is 9.47 Å². The minimum Gasteiger partial charge on any atom is -0.493 e. The molecule has 130 valence electrons. The van der Waals surface area contributed by atoms with Crippen LogP contribution in [0.25, 0.3) is 0 Å². The van der Waals surface area contributed by atoms with E-state index in [9.17, 15) is 4.79 Å². The van der Waals surface area contributed by atoms with E-state index in [-0.39, 0.29) is 5.91 Å². The molecule has 0 unspecified atom stereocenters. The average molecular weight is 460 g/mol. The fourth-order valence-electron chi connectivity index (χ4n) is 2.34. The van der Waals surface area contributed by atoms with Gasteiger partial charge < -0.3 is 9.47 Å². The molecular formula is C17H21IN2O3S. The monoisotopic (exact) mass is 460 g/mol. The van der Waals surface area contributed by atoms with Crippen LogP contribution in [0.1, 0.15) is 41.2 Å². The molecule has 0 saturated carbocycles. The Morgan fingerprint density at radius 3 is 2.50 bits per heavy atom. The van der Waals surface area contributed by atoms with Gasteiger partial charge in [0.2, 0.25) is 0 Å². The van der Waals surface area contributed by atoms with E-state index in [2.05, 4.69) is 46.7 Å². The zero-order valence-corrected chi connectivity index (χ0v) is 17.2. The predicted octanol–water partition coefficient (Wildman–Crippen LogP) is 4.53. The number of nitrogens with one attached hydrogen (secondary N) is 1. The van der Waals surface area contributed by atoms with E-state index in [1.807, 2.05) is 0 Å². The average Bonchev–Trinajstić information content (AvgIpc) is 2.96. The maximum absolute atomic E-state index is 12.6. The summed E-state index contributed by atoms with van der Waals surface area (Å²) in [6, 6.07) is 3.48. The molecule has 0 aliphatic rings. The van der Waals surface area contributed by atoms with Gasteiger partial charge in [0.15, 0.2) is 16.6 Å². The largest absolute Gasteiger partial charge is 0.493 e. The number of thiazole rings is 1. The number of benzene rings is 1. The van der Waals surface area contributed by atoms with Crippen molar-refractivity contribution >= 4 is 45.0 Å². The molecule has 0 aliphatic heterocycles. The van der Waals surface area contributed by atoms with Crippen molar-refractivity contribution in [2.75, 3.05) is 19.5 Å². The summed E-state index contributed by atoms with van der Waals surface area (Å²) in [6.45, 7) is 4.23. The van der Waals surface area contributed by atoms with E-state index in [1.165, 1.54) is 4.88 Å². The van der Waals surface area contributed by atoms with Gasteiger partial charge in [-0.15, -0.1) is 11.3 Å². The van der Waals surface area contributed by atoms with Gasteiger partial charge in [0.05, 0.1) is 25.5 Å². The van der Waals surface area contributed by atoms with Crippen molar-refractivity contribution in [3.63, 3.8) is 0 Å². The fourth-order valence-corrected chi connectivity index (χ4v) is 3.96. The fraction of sp³-hybridized carbons (Fsp3) is 0.412. The molecule has 0 saturated heterocycles. The SMILES string of the molecule is CCCc1nc(NC(=O)c2cc(OC)c(OC)cc2I)sc1CC. The third-order valence-electron chi connectivity index (χ3n) is 3.52. The number of aryl methyl sites for hydroxylation is 2. The van der Waals surface area contributed by atoms with Gasteiger partial charge in [-0.05, 0) is 47.6 Å². The second kappa shape index (κ2) is 8.66. The lowest BCUT2D eigenvalue weighted by Crippen LogP contribution is -2.14. The van der Waals surface area contributed by atoms with Gasteiger partial charge in [0.1, 0.15) is 0 Å². The lowest BCUT2D eigenvalue weighted by Gasteiger charge is -2.11. The number of hydrogen-bond donors (Lipinski definition) is 1.